The maximum absolute atomic E-state index is 11.7. The van der Waals surface area contributed by atoms with E-state index in [0.717, 1.165) is 29.7 Å². The Kier molecular flexibility index (Phi) is 4.20. The molecule has 1 fully saturated rings. The Morgan fingerprint density at radius 1 is 1.00 bits per heavy atom. The molecular formula is C18H19NO2. The summed E-state index contributed by atoms with van der Waals surface area (Å²) < 4.78 is 5.79. The van der Waals surface area contributed by atoms with Gasteiger partial charge in [0.05, 0.1) is 0 Å². The number of hydrogen-bond donors (Lipinski definition) is 1. The van der Waals surface area contributed by atoms with E-state index in [1.165, 1.54) is 0 Å². The number of rotatable bonds is 6. The number of nitrogens with one attached hydrogen (secondary N) is 1. The third-order valence-corrected chi connectivity index (χ3v) is 3.66. The summed E-state index contributed by atoms with van der Waals surface area (Å²) in [6, 6.07) is 17.8. The fraction of sp³-hybridized carbons (Fsp3) is 0.278. The van der Waals surface area contributed by atoms with Crippen molar-refractivity contribution in [3.63, 3.8) is 0 Å². The first kappa shape index (κ1) is 13.7. The molecule has 2 aromatic rings. The molecule has 0 unspecified atom stereocenters. The summed E-state index contributed by atoms with van der Waals surface area (Å²) in [6.07, 6.45) is 2.06. The van der Waals surface area contributed by atoms with Crippen LogP contribution in [0.4, 0.5) is 0 Å². The molecule has 0 atom stereocenters. The molecule has 1 aliphatic rings. The van der Waals surface area contributed by atoms with Crippen LogP contribution >= 0.6 is 0 Å². The maximum atomic E-state index is 11.7. The van der Waals surface area contributed by atoms with Gasteiger partial charge >= 0.3 is 0 Å². The molecule has 0 spiro atoms. The van der Waals surface area contributed by atoms with E-state index in [2.05, 4.69) is 5.32 Å². The summed E-state index contributed by atoms with van der Waals surface area (Å²) >= 11 is 0. The molecule has 1 saturated carbocycles. The van der Waals surface area contributed by atoms with Crippen LogP contribution in [-0.4, -0.2) is 5.91 Å². The van der Waals surface area contributed by atoms with E-state index < -0.39 is 0 Å². The average Bonchev–Trinajstić information content (AvgIpc) is 3.37. The van der Waals surface area contributed by atoms with Crippen molar-refractivity contribution in [2.75, 3.05) is 0 Å². The van der Waals surface area contributed by atoms with E-state index in [4.69, 9.17) is 4.74 Å². The lowest BCUT2D eigenvalue weighted by Gasteiger charge is -2.12. The monoisotopic (exact) mass is 281 g/mol. The van der Waals surface area contributed by atoms with Crippen LogP contribution in [0.15, 0.2) is 54.6 Å². The van der Waals surface area contributed by atoms with Crippen LogP contribution in [0.1, 0.15) is 24.0 Å². The minimum absolute atomic E-state index is 0.175. The number of benzene rings is 2. The van der Waals surface area contributed by atoms with Gasteiger partial charge < -0.3 is 10.1 Å². The molecule has 0 aromatic heterocycles. The minimum atomic E-state index is 0.175. The second kappa shape index (κ2) is 6.44. The number of carbonyl (C=O) groups excluding carboxylic acids is 1. The Labute approximate surface area is 124 Å². The summed E-state index contributed by atoms with van der Waals surface area (Å²) in [5.74, 6) is 1.28. The van der Waals surface area contributed by atoms with Gasteiger partial charge in [-0.25, -0.2) is 0 Å². The van der Waals surface area contributed by atoms with Crippen molar-refractivity contribution in [2.24, 2.45) is 5.92 Å². The second-order valence-electron chi connectivity index (χ2n) is 5.36. The van der Waals surface area contributed by atoms with Crippen LogP contribution in [0, 0.1) is 5.92 Å². The normalized spacial score (nSPS) is 13.7. The Morgan fingerprint density at radius 3 is 2.38 bits per heavy atom. The van der Waals surface area contributed by atoms with Crippen LogP contribution < -0.4 is 10.1 Å². The fourth-order valence-corrected chi connectivity index (χ4v) is 2.22. The molecule has 0 radical (unpaired) electrons. The number of para-hydroxylation sites is 1. The minimum Gasteiger partial charge on any atom is -0.489 e. The van der Waals surface area contributed by atoms with Crippen molar-refractivity contribution in [3.8, 4) is 5.75 Å². The Hall–Kier alpha value is -2.29. The van der Waals surface area contributed by atoms with Crippen molar-refractivity contribution in [3.05, 3.63) is 65.7 Å². The van der Waals surface area contributed by atoms with Crippen LogP contribution in [0.5, 0.6) is 5.75 Å². The predicted molar refractivity (Wildman–Crippen MR) is 81.8 cm³/mol. The Balaban J connectivity index is 1.60. The molecular weight excluding hydrogens is 262 g/mol. The van der Waals surface area contributed by atoms with Crippen LogP contribution in [0.3, 0.4) is 0 Å². The number of amides is 1. The van der Waals surface area contributed by atoms with E-state index in [1.54, 1.807) is 0 Å². The molecule has 2 aromatic carbocycles. The molecule has 0 bridgehead atoms. The molecule has 1 N–H and O–H groups in total. The van der Waals surface area contributed by atoms with Crippen LogP contribution in [-0.2, 0) is 17.9 Å². The standard InChI is InChI=1S/C18H19NO2/c20-18(14-10-11-14)19-12-15-6-4-5-7-16(15)13-21-17-8-2-1-3-9-17/h1-9,14H,10-13H2,(H,19,20). The molecule has 0 aliphatic heterocycles. The van der Waals surface area contributed by atoms with E-state index in [-0.39, 0.29) is 11.8 Å². The van der Waals surface area contributed by atoms with Gasteiger partial charge in [-0.2, -0.15) is 0 Å². The largest absolute Gasteiger partial charge is 0.489 e. The van der Waals surface area contributed by atoms with Crippen molar-refractivity contribution in [2.45, 2.75) is 26.0 Å². The van der Waals surface area contributed by atoms with Crippen molar-refractivity contribution in [1.29, 1.82) is 0 Å². The van der Waals surface area contributed by atoms with Gasteiger partial charge in [-0.3, -0.25) is 4.79 Å². The van der Waals surface area contributed by atoms with Gasteiger partial charge in [-0.05, 0) is 36.1 Å². The zero-order valence-electron chi connectivity index (χ0n) is 11.9. The maximum Gasteiger partial charge on any atom is 0.223 e. The first-order chi connectivity index (χ1) is 10.3. The van der Waals surface area contributed by atoms with Crippen molar-refractivity contribution < 1.29 is 9.53 Å². The van der Waals surface area contributed by atoms with Gasteiger partial charge in [-0.15, -0.1) is 0 Å². The van der Waals surface area contributed by atoms with E-state index >= 15 is 0 Å². The highest BCUT2D eigenvalue weighted by atomic mass is 16.5. The summed E-state index contributed by atoms with van der Waals surface area (Å²) in [6.45, 7) is 1.09. The van der Waals surface area contributed by atoms with Gasteiger partial charge in [0.15, 0.2) is 0 Å². The van der Waals surface area contributed by atoms with Crippen molar-refractivity contribution >= 4 is 5.91 Å². The number of carbonyl (C=O) groups is 1. The molecule has 0 saturated heterocycles. The number of ether oxygens (including phenoxy) is 1. The first-order valence-corrected chi connectivity index (χ1v) is 7.35. The molecule has 108 valence electrons. The second-order valence-corrected chi connectivity index (χ2v) is 5.36. The highest BCUT2D eigenvalue weighted by Gasteiger charge is 2.29. The van der Waals surface area contributed by atoms with Gasteiger partial charge in [0.25, 0.3) is 0 Å². The quantitative estimate of drug-likeness (QED) is 0.882. The molecule has 3 nitrogen and oxygen atoms in total. The van der Waals surface area contributed by atoms with E-state index in [0.29, 0.717) is 13.2 Å². The lowest BCUT2D eigenvalue weighted by molar-refractivity contribution is -0.122. The molecule has 0 heterocycles. The van der Waals surface area contributed by atoms with Gasteiger partial charge in [0.2, 0.25) is 5.91 Å². The summed E-state index contributed by atoms with van der Waals surface area (Å²) in [7, 11) is 0. The molecule has 1 amide bonds. The molecule has 21 heavy (non-hydrogen) atoms. The topological polar surface area (TPSA) is 38.3 Å². The number of hydrogen-bond acceptors (Lipinski definition) is 2. The van der Waals surface area contributed by atoms with Crippen LogP contribution in [0.2, 0.25) is 0 Å². The molecule has 3 rings (SSSR count). The van der Waals surface area contributed by atoms with E-state index in [1.807, 2.05) is 54.6 Å². The lowest BCUT2D eigenvalue weighted by Crippen LogP contribution is -2.24. The average molecular weight is 281 g/mol. The Bertz CT molecular complexity index is 606. The zero-order valence-corrected chi connectivity index (χ0v) is 11.9. The lowest BCUT2D eigenvalue weighted by atomic mass is 10.1. The SMILES string of the molecule is O=C(NCc1ccccc1COc1ccccc1)C1CC1. The smallest absolute Gasteiger partial charge is 0.223 e. The molecule has 3 heteroatoms. The van der Waals surface area contributed by atoms with Gasteiger partial charge in [0, 0.05) is 12.5 Å². The van der Waals surface area contributed by atoms with E-state index in [9.17, 15) is 4.79 Å². The third kappa shape index (κ3) is 3.85. The summed E-state index contributed by atoms with van der Waals surface area (Å²) in [5, 5.41) is 3.00. The third-order valence-electron chi connectivity index (χ3n) is 3.66. The zero-order chi connectivity index (χ0) is 14.5. The first-order valence-electron chi connectivity index (χ1n) is 7.35. The highest BCUT2D eigenvalue weighted by Crippen LogP contribution is 2.28. The predicted octanol–water partition coefficient (Wildman–Crippen LogP) is 3.29. The fourth-order valence-electron chi connectivity index (χ4n) is 2.22. The summed E-state index contributed by atoms with van der Waals surface area (Å²) in [4.78, 5) is 11.7. The van der Waals surface area contributed by atoms with Crippen molar-refractivity contribution in [1.82, 2.24) is 5.32 Å². The highest BCUT2D eigenvalue weighted by molar-refractivity contribution is 5.80. The molecule has 1 aliphatic carbocycles. The Morgan fingerprint density at radius 2 is 1.67 bits per heavy atom. The van der Waals surface area contributed by atoms with Gasteiger partial charge in [-0.1, -0.05) is 42.5 Å². The van der Waals surface area contributed by atoms with Gasteiger partial charge in [0.1, 0.15) is 12.4 Å². The summed E-state index contributed by atoms with van der Waals surface area (Å²) in [5.41, 5.74) is 2.22. The van der Waals surface area contributed by atoms with Crippen LogP contribution in [0.25, 0.3) is 0 Å².